The van der Waals surface area contributed by atoms with Gasteiger partial charge in [0.2, 0.25) is 0 Å². The minimum atomic E-state index is 0.0976. The quantitative estimate of drug-likeness (QED) is 0.248. The first-order chi connectivity index (χ1) is 12.6. The maximum absolute atomic E-state index is 2.35. The van der Waals surface area contributed by atoms with E-state index in [4.69, 9.17) is 0 Å². The Morgan fingerprint density at radius 1 is 0.593 bits per heavy atom. The molecule has 4 rings (SSSR count). The van der Waals surface area contributed by atoms with Gasteiger partial charge in [-0.25, -0.2) is 4.57 Å². The molecular formula is C26H30N+. The Morgan fingerprint density at radius 2 is 1.15 bits per heavy atom. The zero-order valence-corrected chi connectivity index (χ0v) is 17.6. The van der Waals surface area contributed by atoms with Crippen molar-refractivity contribution in [2.45, 2.75) is 52.4 Å². The molecule has 27 heavy (non-hydrogen) atoms. The lowest BCUT2D eigenvalue weighted by Gasteiger charge is -2.20. The number of benzene rings is 3. The lowest BCUT2D eigenvalue weighted by atomic mass is 9.84. The molecule has 0 aliphatic carbocycles. The molecule has 0 amide bonds. The van der Waals surface area contributed by atoms with Gasteiger partial charge < -0.3 is 0 Å². The average Bonchev–Trinajstić information content (AvgIpc) is 2.58. The van der Waals surface area contributed by atoms with Gasteiger partial charge in [0.05, 0.1) is 5.39 Å². The molecule has 0 fully saturated rings. The minimum absolute atomic E-state index is 0.0976. The highest BCUT2D eigenvalue weighted by molar-refractivity contribution is 6.17. The molecule has 0 saturated heterocycles. The Morgan fingerprint density at radius 3 is 1.81 bits per heavy atom. The van der Waals surface area contributed by atoms with Crippen LogP contribution in [0.3, 0.4) is 0 Å². The summed E-state index contributed by atoms with van der Waals surface area (Å²) < 4.78 is 2.27. The Hall–Kier alpha value is -2.41. The highest BCUT2D eigenvalue weighted by atomic mass is 14.9. The van der Waals surface area contributed by atoms with E-state index in [-0.39, 0.29) is 10.8 Å². The summed E-state index contributed by atoms with van der Waals surface area (Å²) >= 11 is 0. The van der Waals surface area contributed by atoms with E-state index in [0.29, 0.717) is 0 Å². The molecule has 0 aliphatic rings. The number of rotatable bonds is 0. The normalized spacial score (nSPS) is 13.0. The second-order valence-corrected chi connectivity index (χ2v) is 9.90. The summed E-state index contributed by atoms with van der Waals surface area (Å²) in [5.41, 5.74) is 3.03. The lowest BCUT2D eigenvalue weighted by Crippen LogP contribution is -2.39. The van der Waals surface area contributed by atoms with E-state index in [9.17, 15) is 0 Å². The van der Waals surface area contributed by atoms with Gasteiger partial charge in [-0.05, 0) is 38.6 Å². The van der Waals surface area contributed by atoms with Crippen molar-refractivity contribution >= 4 is 32.3 Å². The molecule has 1 heteroatoms. The molecule has 3 aromatic carbocycles. The van der Waals surface area contributed by atoms with E-state index >= 15 is 0 Å². The monoisotopic (exact) mass is 356 g/mol. The molecule has 0 radical (unpaired) electrons. The fraction of sp³-hybridized carbons (Fsp3) is 0.346. The largest absolute Gasteiger partial charge is 0.204 e. The van der Waals surface area contributed by atoms with Gasteiger partial charge in [0.15, 0.2) is 11.9 Å². The summed E-state index contributed by atoms with van der Waals surface area (Å²) in [5.74, 6) is 0. The van der Waals surface area contributed by atoms with Gasteiger partial charge in [-0.15, -0.1) is 0 Å². The molecule has 1 nitrogen and oxygen atoms in total. The van der Waals surface area contributed by atoms with Gasteiger partial charge in [-0.2, -0.15) is 0 Å². The fourth-order valence-corrected chi connectivity index (χ4v) is 4.41. The molecule has 1 heterocycles. The van der Waals surface area contributed by atoms with Crippen molar-refractivity contribution in [3.8, 4) is 0 Å². The van der Waals surface area contributed by atoms with Crippen LogP contribution in [0.2, 0.25) is 0 Å². The molecule has 0 aliphatic heterocycles. The summed E-state index contributed by atoms with van der Waals surface area (Å²) in [6.45, 7) is 13.7. The van der Waals surface area contributed by atoms with E-state index in [2.05, 4.69) is 108 Å². The Labute approximate surface area is 162 Å². The smallest absolute Gasteiger partial charge is 0.194 e. The first-order valence-corrected chi connectivity index (χ1v) is 9.86. The van der Waals surface area contributed by atoms with E-state index in [1.807, 2.05) is 0 Å². The molecule has 0 spiro atoms. The van der Waals surface area contributed by atoms with Gasteiger partial charge in [0, 0.05) is 16.9 Å². The summed E-state index contributed by atoms with van der Waals surface area (Å²) in [6.07, 6.45) is 2.20. The molecular weight excluding hydrogens is 326 g/mol. The van der Waals surface area contributed by atoms with Gasteiger partial charge in [0.25, 0.3) is 0 Å². The van der Waals surface area contributed by atoms with Crippen molar-refractivity contribution in [3.05, 3.63) is 66.0 Å². The average molecular weight is 357 g/mol. The first-order valence-electron chi connectivity index (χ1n) is 9.86. The number of fused-ring (bicyclic) bond motifs is 5. The van der Waals surface area contributed by atoms with Crippen LogP contribution in [0.4, 0.5) is 0 Å². The van der Waals surface area contributed by atoms with Gasteiger partial charge >= 0.3 is 0 Å². The number of pyridine rings is 1. The van der Waals surface area contributed by atoms with Crippen molar-refractivity contribution in [2.75, 3.05) is 0 Å². The third-order valence-corrected chi connectivity index (χ3v) is 5.71. The molecule has 0 saturated carbocycles. The Bertz CT molecular complexity index is 1180. The summed E-state index contributed by atoms with van der Waals surface area (Å²) in [6, 6.07) is 18.4. The fourth-order valence-electron chi connectivity index (χ4n) is 4.41. The van der Waals surface area contributed by atoms with Crippen LogP contribution >= 0.6 is 0 Å². The van der Waals surface area contributed by atoms with Crippen molar-refractivity contribution in [3.63, 3.8) is 0 Å². The van der Waals surface area contributed by atoms with Crippen LogP contribution in [-0.4, -0.2) is 0 Å². The van der Waals surface area contributed by atoms with Gasteiger partial charge in [0.1, 0.15) is 7.05 Å². The summed E-state index contributed by atoms with van der Waals surface area (Å²) in [7, 11) is 2.15. The van der Waals surface area contributed by atoms with Crippen LogP contribution in [0, 0.1) is 0 Å². The first kappa shape index (κ1) is 18.0. The second kappa shape index (κ2) is 5.79. The van der Waals surface area contributed by atoms with E-state index in [1.54, 1.807) is 0 Å². The summed E-state index contributed by atoms with van der Waals surface area (Å²) in [4.78, 5) is 0. The zero-order valence-electron chi connectivity index (χ0n) is 17.6. The standard InChI is InChI=1S/C26H30N/c1-25(2,3)18-9-11-19-17(16-18)8-10-21-20(19)12-13-23-22(21)14-15-27(7)24(23)26(4,5)6/h8-16H,1-7H3/q+1. The molecule has 138 valence electrons. The molecule has 0 N–H and O–H groups in total. The highest BCUT2D eigenvalue weighted by Gasteiger charge is 2.27. The molecule has 4 aromatic rings. The number of aromatic nitrogens is 1. The molecule has 0 unspecified atom stereocenters. The SMILES string of the molecule is C[n+]1ccc2c(ccc3c4ccc(C(C)(C)C)cc4ccc23)c1C(C)(C)C. The second-order valence-electron chi connectivity index (χ2n) is 9.90. The predicted molar refractivity (Wildman–Crippen MR) is 118 cm³/mol. The van der Waals surface area contributed by atoms with Crippen LogP contribution in [0.5, 0.6) is 0 Å². The van der Waals surface area contributed by atoms with Crippen LogP contribution < -0.4 is 4.57 Å². The minimum Gasteiger partial charge on any atom is -0.204 e. The summed E-state index contributed by atoms with van der Waals surface area (Å²) in [5, 5.41) is 8.05. The Balaban J connectivity index is 2.08. The Kier molecular flexibility index (Phi) is 3.86. The topological polar surface area (TPSA) is 3.88 Å². The molecule has 0 atom stereocenters. The van der Waals surface area contributed by atoms with Crippen LogP contribution in [0.1, 0.15) is 52.8 Å². The van der Waals surface area contributed by atoms with Crippen molar-refractivity contribution in [1.29, 1.82) is 0 Å². The van der Waals surface area contributed by atoms with Crippen LogP contribution in [0.25, 0.3) is 32.3 Å². The maximum Gasteiger partial charge on any atom is 0.194 e. The third kappa shape index (κ3) is 2.90. The van der Waals surface area contributed by atoms with Crippen LogP contribution in [-0.2, 0) is 17.9 Å². The maximum atomic E-state index is 2.35. The van der Waals surface area contributed by atoms with Gasteiger partial charge in [-0.3, -0.25) is 0 Å². The van der Waals surface area contributed by atoms with Crippen molar-refractivity contribution in [1.82, 2.24) is 0 Å². The zero-order chi connectivity index (χ0) is 19.6. The van der Waals surface area contributed by atoms with E-state index < -0.39 is 0 Å². The number of hydrogen-bond donors (Lipinski definition) is 0. The lowest BCUT2D eigenvalue weighted by molar-refractivity contribution is -0.680. The van der Waals surface area contributed by atoms with Gasteiger partial charge in [-0.1, -0.05) is 77.9 Å². The van der Waals surface area contributed by atoms with Crippen molar-refractivity contribution in [2.24, 2.45) is 7.05 Å². The molecule has 0 bridgehead atoms. The number of aryl methyl sites for hydroxylation is 1. The van der Waals surface area contributed by atoms with E-state index in [0.717, 1.165) is 0 Å². The predicted octanol–water partition coefficient (Wildman–Crippen LogP) is 6.57. The van der Waals surface area contributed by atoms with E-state index in [1.165, 1.54) is 43.6 Å². The van der Waals surface area contributed by atoms with Crippen molar-refractivity contribution < 1.29 is 4.57 Å². The van der Waals surface area contributed by atoms with Crippen LogP contribution in [0.15, 0.2) is 54.7 Å². The molecule has 1 aromatic heterocycles. The number of nitrogens with zero attached hydrogens (tertiary/aromatic N) is 1. The number of hydrogen-bond acceptors (Lipinski definition) is 0. The highest BCUT2D eigenvalue weighted by Crippen LogP contribution is 2.36. The third-order valence-electron chi connectivity index (χ3n) is 5.71.